The molecule has 1 fully saturated rings. The number of rotatable bonds is 4. The molecule has 0 radical (unpaired) electrons. The van der Waals surface area contributed by atoms with Gasteiger partial charge < -0.3 is 16.0 Å². The number of carbonyl (C=O) groups excluding carboxylic acids is 2. The predicted octanol–water partition coefficient (Wildman–Crippen LogP) is -1.06. The summed E-state index contributed by atoms with van der Waals surface area (Å²) in [6.07, 6.45) is 0. The van der Waals surface area contributed by atoms with Crippen LogP contribution in [0, 0.1) is 0 Å². The number of amides is 2. The lowest BCUT2D eigenvalue weighted by Gasteiger charge is -2.22. The first-order valence-electron chi connectivity index (χ1n) is 5.03. The Labute approximate surface area is 93.7 Å². The number of hydrogen-bond acceptors (Lipinski definition) is 4. The number of thioether (sulfide) groups is 1. The normalized spacial score (nSPS) is 20.7. The van der Waals surface area contributed by atoms with E-state index < -0.39 is 0 Å². The van der Waals surface area contributed by atoms with Crippen LogP contribution in [-0.4, -0.2) is 49.0 Å². The standard InChI is InChI=1S/C9H17N3O2S/c1-7(13)10-2-3-12-9(14)8-6-15-5-4-11-8/h8,11H,2-6H2,1H3,(H,10,13)(H,12,14). The molecule has 1 heterocycles. The van der Waals surface area contributed by atoms with Crippen molar-refractivity contribution >= 4 is 23.6 Å². The van der Waals surface area contributed by atoms with Crippen molar-refractivity contribution in [2.75, 3.05) is 31.1 Å². The van der Waals surface area contributed by atoms with Crippen molar-refractivity contribution in [3.8, 4) is 0 Å². The van der Waals surface area contributed by atoms with E-state index in [2.05, 4.69) is 16.0 Å². The highest BCUT2D eigenvalue weighted by Gasteiger charge is 2.19. The van der Waals surface area contributed by atoms with Crippen molar-refractivity contribution in [3.63, 3.8) is 0 Å². The molecule has 0 aromatic heterocycles. The van der Waals surface area contributed by atoms with Gasteiger partial charge in [-0.05, 0) is 0 Å². The van der Waals surface area contributed by atoms with E-state index in [1.54, 1.807) is 11.8 Å². The van der Waals surface area contributed by atoms with Crippen molar-refractivity contribution in [1.29, 1.82) is 0 Å². The topological polar surface area (TPSA) is 70.2 Å². The molecule has 0 spiro atoms. The van der Waals surface area contributed by atoms with E-state index in [1.165, 1.54) is 6.92 Å². The molecule has 5 nitrogen and oxygen atoms in total. The minimum Gasteiger partial charge on any atom is -0.355 e. The van der Waals surface area contributed by atoms with Gasteiger partial charge in [0, 0.05) is 38.1 Å². The molecule has 86 valence electrons. The molecule has 1 atom stereocenters. The fourth-order valence-corrected chi connectivity index (χ4v) is 2.22. The van der Waals surface area contributed by atoms with Gasteiger partial charge in [0.2, 0.25) is 11.8 Å². The highest BCUT2D eigenvalue weighted by molar-refractivity contribution is 7.99. The van der Waals surface area contributed by atoms with E-state index in [9.17, 15) is 9.59 Å². The summed E-state index contributed by atoms with van der Waals surface area (Å²) in [5.41, 5.74) is 0. The minimum atomic E-state index is -0.0823. The Hall–Kier alpha value is -0.750. The Kier molecular flexibility index (Phi) is 5.49. The van der Waals surface area contributed by atoms with Crippen molar-refractivity contribution in [3.05, 3.63) is 0 Å². The smallest absolute Gasteiger partial charge is 0.238 e. The van der Waals surface area contributed by atoms with Crippen LogP contribution >= 0.6 is 11.8 Å². The van der Waals surface area contributed by atoms with Gasteiger partial charge in [-0.1, -0.05) is 0 Å². The van der Waals surface area contributed by atoms with Gasteiger partial charge in [-0.2, -0.15) is 11.8 Å². The molecule has 3 N–H and O–H groups in total. The summed E-state index contributed by atoms with van der Waals surface area (Å²) in [6, 6.07) is -0.0823. The Morgan fingerprint density at radius 3 is 2.73 bits per heavy atom. The lowest BCUT2D eigenvalue weighted by molar-refractivity contribution is -0.123. The van der Waals surface area contributed by atoms with Crippen molar-refractivity contribution < 1.29 is 9.59 Å². The Morgan fingerprint density at radius 2 is 2.13 bits per heavy atom. The molecule has 15 heavy (non-hydrogen) atoms. The van der Waals surface area contributed by atoms with Gasteiger partial charge in [0.15, 0.2) is 0 Å². The fourth-order valence-electron chi connectivity index (χ4n) is 1.28. The van der Waals surface area contributed by atoms with E-state index >= 15 is 0 Å². The lowest BCUT2D eigenvalue weighted by Crippen LogP contribution is -2.50. The van der Waals surface area contributed by atoms with Crippen LogP contribution in [0.4, 0.5) is 0 Å². The maximum atomic E-state index is 11.5. The maximum absolute atomic E-state index is 11.5. The van der Waals surface area contributed by atoms with E-state index in [4.69, 9.17) is 0 Å². The second-order valence-electron chi connectivity index (χ2n) is 3.36. The van der Waals surface area contributed by atoms with Crippen LogP contribution in [-0.2, 0) is 9.59 Å². The van der Waals surface area contributed by atoms with Gasteiger partial charge in [0.05, 0.1) is 6.04 Å². The zero-order chi connectivity index (χ0) is 11.1. The molecule has 1 saturated heterocycles. The molecule has 1 unspecified atom stereocenters. The third-order valence-corrected chi connectivity index (χ3v) is 3.10. The number of hydrogen-bond donors (Lipinski definition) is 3. The van der Waals surface area contributed by atoms with Crippen LogP contribution in [0.25, 0.3) is 0 Å². The van der Waals surface area contributed by atoms with Crippen molar-refractivity contribution in [2.24, 2.45) is 0 Å². The van der Waals surface area contributed by atoms with Crippen LogP contribution in [0.1, 0.15) is 6.92 Å². The second kappa shape index (κ2) is 6.68. The SMILES string of the molecule is CC(=O)NCCNC(=O)C1CSCCN1. The zero-order valence-corrected chi connectivity index (χ0v) is 9.65. The molecular weight excluding hydrogens is 214 g/mol. The van der Waals surface area contributed by atoms with Crippen LogP contribution < -0.4 is 16.0 Å². The second-order valence-corrected chi connectivity index (χ2v) is 4.51. The van der Waals surface area contributed by atoms with Gasteiger partial charge in [-0.3, -0.25) is 9.59 Å². The zero-order valence-electron chi connectivity index (χ0n) is 8.84. The summed E-state index contributed by atoms with van der Waals surface area (Å²) in [5.74, 6) is 1.84. The van der Waals surface area contributed by atoms with E-state index in [0.717, 1.165) is 18.1 Å². The van der Waals surface area contributed by atoms with Crippen molar-refractivity contribution in [2.45, 2.75) is 13.0 Å². The molecule has 1 aliphatic heterocycles. The molecule has 0 bridgehead atoms. The Balaban J connectivity index is 2.09. The van der Waals surface area contributed by atoms with Gasteiger partial charge in [-0.25, -0.2) is 0 Å². The van der Waals surface area contributed by atoms with Gasteiger partial charge in [-0.15, -0.1) is 0 Å². The summed E-state index contributed by atoms with van der Waals surface area (Å²) >= 11 is 1.78. The molecule has 1 aliphatic rings. The van der Waals surface area contributed by atoms with Crippen LogP contribution in [0.5, 0.6) is 0 Å². The highest BCUT2D eigenvalue weighted by atomic mass is 32.2. The first-order chi connectivity index (χ1) is 7.20. The summed E-state index contributed by atoms with van der Waals surface area (Å²) in [5, 5.41) is 8.55. The van der Waals surface area contributed by atoms with Gasteiger partial charge in [0.25, 0.3) is 0 Å². The Bertz CT molecular complexity index is 229. The Morgan fingerprint density at radius 1 is 1.40 bits per heavy atom. The van der Waals surface area contributed by atoms with Gasteiger partial charge in [0.1, 0.15) is 0 Å². The quantitative estimate of drug-likeness (QED) is 0.540. The van der Waals surface area contributed by atoms with E-state index in [0.29, 0.717) is 13.1 Å². The summed E-state index contributed by atoms with van der Waals surface area (Å²) in [6.45, 7) is 3.32. The molecule has 0 aromatic carbocycles. The van der Waals surface area contributed by atoms with Crippen LogP contribution in [0.3, 0.4) is 0 Å². The average Bonchev–Trinajstić information content (AvgIpc) is 2.25. The predicted molar refractivity (Wildman–Crippen MR) is 60.8 cm³/mol. The maximum Gasteiger partial charge on any atom is 0.238 e. The third kappa shape index (κ3) is 5.03. The molecule has 2 amide bonds. The minimum absolute atomic E-state index is 0.0209. The molecule has 1 rings (SSSR count). The monoisotopic (exact) mass is 231 g/mol. The molecular formula is C9H17N3O2S. The van der Waals surface area contributed by atoms with Crippen molar-refractivity contribution in [1.82, 2.24) is 16.0 Å². The van der Waals surface area contributed by atoms with E-state index in [1.807, 2.05) is 0 Å². The molecule has 0 saturated carbocycles. The lowest BCUT2D eigenvalue weighted by atomic mass is 10.3. The summed E-state index contributed by atoms with van der Waals surface area (Å²) in [7, 11) is 0. The molecule has 0 aliphatic carbocycles. The largest absolute Gasteiger partial charge is 0.355 e. The first kappa shape index (κ1) is 12.3. The first-order valence-corrected chi connectivity index (χ1v) is 6.19. The third-order valence-electron chi connectivity index (χ3n) is 2.04. The highest BCUT2D eigenvalue weighted by Crippen LogP contribution is 2.07. The van der Waals surface area contributed by atoms with Crippen LogP contribution in [0.2, 0.25) is 0 Å². The van der Waals surface area contributed by atoms with Gasteiger partial charge >= 0.3 is 0 Å². The van der Waals surface area contributed by atoms with Crippen LogP contribution in [0.15, 0.2) is 0 Å². The summed E-state index contributed by atoms with van der Waals surface area (Å²) in [4.78, 5) is 22.1. The van der Waals surface area contributed by atoms with E-state index in [-0.39, 0.29) is 17.9 Å². The number of nitrogens with one attached hydrogen (secondary N) is 3. The average molecular weight is 231 g/mol. The molecule has 0 aromatic rings. The number of carbonyl (C=O) groups is 2. The fraction of sp³-hybridized carbons (Fsp3) is 0.778. The molecule has 6 heteroatoms. The summed E-state index contributed by atoms with van der Waals surface area (Å²) < 4.78 is 0.